The van der Waals surface area contributed by atoms with E-state index in [0.29, 0.717) is 17.5 Å². The molecule has 25 heavy (non-hydrogen) atoms. The predicted octanol–water partition coefficient (Wildman–Crippen LogP) is 2.82. The van der Waals surface area contributed by atoms with Gasteiger partial charge in [0, 0.05) is 25.1 Å². The second-order valence-corrected chi connectivity index (χ2v) is 7.02. The predicted molar refractivity (Wildman–Crippen MR) is 94.1 cm³/mol. The minimum Gasteiger partial charge on any atom is -0.495 e. The third kappa shape index (κ3) is 3.21. The van der Waals surface area contributed by atoms with Crippen LogP contribution in [0.4, 0.5) is 5.69 Å². The highest BCUT2D eigenvalue weighted by atomic mass is 16.5. The third-order valence-corrected chi connectivity index (χ3v) is 5.10. The first-order valence-corrected chi connectivity index (χ1v) is 8.81. The van der Waals surface area contributed by atoms with E-state index in [1.165, 1.54) is 0 Å². The van der Waals surface area contributed by atoms with E-state index in [-0.39, 0.29) is 11.9 Å². The summed E-state index contributed by atoms with van der Waals surface area (Å²) in [6.07, 6.45) is 2.26. The van der Waals surface area contributed by atoms with Gasteiger partial charge >= 0.3 is 0 Å². The molecule has 2 atom stereocenters. The fraction of sp³-hybridized carbons (Fsp3) is 0.474. The molecular weight excluding hydrogens is 318 g/mol. The first-order chi connectivity index (χ1) is 12.2. The van der Waals surface area contributed by atoms with Crippen LogP contribution < -0.4 is 15.0 Å². The SMILES string of the molecule is COc1ccccc1N1CC(C)C(NC(=O)c2cc(C3CC3)on2)C1. The van der Waals surface area contributed by atoms with Crippen molar-refractivity contribution in [3.8, 4) is 5.75 Å². The lowest BCUT2D eigenvalue weighted by atomic mass is 10.1. The van der Waals surface area contributed by atoms with Crippen LogP contribution in [0.3, 0.4) is 0 Å². The number of hydrogen-bond donors (Lipinski definition) is 1. The molecule has 1 aliphatic heterocycles. The van der Waals surface area contributed by atoms with Crippen molar-refractivity contribution in [2.24, 2.45) is 5.92 Å². The van der Waals surface area contributed by atoms with Gasteiger partial charge in [0.15, 0.2) is 5.69 Å². The third-order valence-electron chi connectivity index (χ3n) is 5.10. The highest BCUT2D eigenvalue weighted by Crippen LogP contribution is 2.40. The van der Waals surface area contributed by atoms with Gasteiger partial charge in [-0.05, 0) is 30.9 Å². The van der Waals surface area contributed by atoms with Crippen molar-refractivity contribution in [1.29, 1.82) is 0 Å². The van der Waals surface area contributed by atoms with E-state index in [1.54, 1.807) is 13.2 Å². The average Bonchev–Trinajstić information content (AvgIpc) is 3.24. The molecular formula is C19H23N3O3. The number of carbonyl (C=O) groups excluding carboxylic acids is 1. The van der Waals surface area contributed by atoms with E-state index in [2.05, 4.69) is 28.4 Å². The fourth-order valence-corrected chi connectivity index (χ4v) is 3.44. The molecule has 1 saturated carbocycles. The molecule has 1 aliphatic carbocycles. The van der Waals surface area contributed by atoms with Crippen molar-refractivity contribution in [2.75, 3.05) is 25.1 Å². The summed E-state index contributed by atoms with van der Waals surface area (Å²) in [6, 6.07) is 9.82. The molecule has 2 fully saturated rings. The second kappa shape index (κ2) is 6.43. The van der Waals surface area contributed by atoms with Crippen molar-refractivity contribution < 1.29 is 14.1 Å². The Bertz CT molecular complexity index is 769. The van der Waals surface area contributed by atoms with Gasteiger partial charge in [0.2, 0.25) is 0 Å². The highest BCUT2D eigenvalue weighted by Gasteiger charge is 2.33. The molecule has 132 valence electrons. The molecule has 1 amide bonds. The molecule has 1 N–H and O–H groups in total. The Morgan fingerprint density at radius 3 is 2.88 bits per heavy atom. The largest absolute Gasteiger partial charge is 0.495 e. The number of benzene rings is 1. The van der Waals surface area contributed by atoms with Gasteiger partial charge in [-0.15, -0.1) is 0 Å². The summed E-state index contributed by atoms with van der Waals surface area (Å²) in [4.78, 5) is 14.7. The highest BCUT2D eigenvalue weighted by molar-refractivity contribution is 5.92. The van der Waals surface area contributed by atoms with Gasteiger partial charge in [-0.2, -0.15) is 0 Å². The van der Waals surface area contributed by atoms with Gasteiger partial charge in [-0.25, -0.2) is 0 Å². The number of para-hydroxylation sites is 2. The lowest BCUT2D eigenvalue weighted by Crippen LogP contribution is -2.40. The number of rotatable bonds is 5. The smallest absolute Gasteiger partial charge is 0.273 e. The quantitative estimate of drug-likeness (QED) is 0.906. The molecule has 6 heteroatoms. The molecule has 1 saturated heterocycles. The van der Waals surface area contributed by atoms with Crippen molar-refractivity contribution in [3.63, 3.8) is 0 Å². The Labute approximate surface area is 147 Å². The van der Waals surface area contributed by atoms with Crippen molar-refractivity contribution in [2.45, 2.75) is 31.7 Å². The summed E-state index contributed by atoms with van der Waals surface area (Å²) in [5, 5.41) is 7.04. The number of amides is 1. The molecule has 2 aliphatic rings. The lowest BCUT2D eigenvalue weighted by molar-refractivity contribution is 0.0924. The zero-order valence-corrected chi connectivity index (χ0v) is 14.6. The monoisotopic (exact) mass is 341 g/mol. The second-order valence-electron chi connectivity index (χ2n) is 7.02. The van der Waals surface area contributed by atoms with Crippen LogP contribution in [0.25, 0.3) is 0 Å². The van der Waals surface area contributed by atoms with E-state index >= 15 is 0 Å². The fourth-order valence-electron chi connectivity index (χ4n) is 3.44. The maximum Gasteiger partial charge on any atom is 0.273 e. The van der Waals surface area contributed by atoms with E-state index in [1.807, 2.05) is 18.2 Å². The number of nitrogens with one attached hydrogen (secondary N) is 1. The maximum atomic E-state index is 12.5. The van der Waals surface area contributed by atoms with E-state index in [9.17, 15) is 4.79 Å². The summed E-state index contributed by atoms with van der Waals surface area (Å²) < 4.78 is 10.7. The van der Waals surface area contributed by atoms with Gasteiger partial charge in [0.05, 0.1) is 18.8 Å². The summed E-state index contributed by atoms with van der Waals surface area (Å²) in [7, 11) is 1.68. The Hall–Kier alpha value is -2.50. The minimum absolute atomic E-state index is 0.0680. The molecule has 4 rings (SSSR count). The van der Waals surface area contributed by atoms with Crippen LogP contribution in [0.1, 0.15) is 41.9 Å². The Balaban J connectivity index is 1.43. The minimum atomic E-state index is -0.158. The molecule has 0 bridgehead atoms. The van der Waals surface area contributed by atoms with Crippen molar-refractivity contribution >= 4 is 11.6 Å². The zero-order chi connectivity index (χ0) is 17.4. The molecule has 6 nitrogen and oxygen atoms in total. The van der Waals surface area contributed by atoms with Crippen molar-refractivity contribution in [1.82, 2.24) is 10.5 Å². The standard InChI is InChI=1S/C19H23N3O3/c1-12-10-22(16-5-3-4-6-17(16)24-2)11-15(12)20-19(23)14-9-18(25-21-14)13-7-8-13/h3-6,9,12-13,15H,7-8,10-11H2,1-2H3,(H,20,23). The normalized spacial score (nSPS) is 22.9. The van der Waals surface area contributed by atoms with E-state index in [0.717, 1.165) is 43.1 Å². The van der Waals surface area contributed by atoms with Crippen LogP contribution in [0.5, 0.6) is 5.75 Å². The van der Waals surface area contributed by atoms with E-state index < -0.39 is 0 Å². The molecule has 1 aromatic carbocycles. The average molecular weight is 341 g/mol. The maximum absolute atomic E-state index is 12.5. The Kier molecular flexibility index (Phi) is 4.11. The van der Waals surface area contributed by atoms with Crippen LogP contribution in [0.2, 0.25) is 0 Å². The summed E-state index contributed by atoms with van der Waals surface area (Å²) >= 11 is 0. The van der Waals surface area contributed by atoms with Crippen LogP contribution in [0.15, 0.2) is 34.9 Å². The summed E-state index contributed by atoms with van der Waals surface area (Å²) in [6.45, 7) is 3.77. The van der Waals surface area contributed by atoms with Crippen LogP contribution in [0, 0.1) is 5.92 Å². The number of anilines is 1. The molecule has 0 spiro atoms. The number of ether oxygens (including phenoxy) is 1. The molecule has 2 heterocycles. The summed E-state index contributed by atoms with van der Waals surface area (Å²) in [5.41, 5.74) is 1.44. The first-order valence-electron chi connectivity index (χ1n) is 8.81. The lowest BCUT2D eigenvalue weighted by Gasteiger charge is -2.21. The van der Waals surface area contributed by atoms with Crippen LogP contribution in [-0.4, -0.2) is 37.3 Å². The first kappa shape index (κ1) is 16.0. The van der Waals surface area contributed by atoms with Crippen molar-refractivity contribution in [3.05, 3.63) is 41.8 Å². The van der Waals surface area contributed by atoms with E-state index in [4.69, 9.17) is 9.26 Å². The van der Waals surface area contributed by atoms with Crippen LogP contribution >= 0.6 is 0 Å². The number of aromatic nitrogens is 1. The van der Waals surface area contributed by atoms with Gasteiger partial charge in [0.1, 0.15) is 11.5 Å². The number of methoxy groups -OCH3 is 1. The Morgan fingerprint density at radius 2 is 2.12 bits per heavy atom. The summed E-state index contributed by atoms with van der Waals surface area (Å²) in [5.74, 6) is 2.33. The number of carbonyl (C=O) groups is 1. The van der Waals surface area contributed by atoms with Gasteiger partial charge in [-0.3, -0.25) is 4.79 Å². The van der Waals surface area contributed by atoms with Crippen LogP contribution in [-0.2, 0) is 0 Å². The van der Waals surface area contributed by atoms with Gasteiger partial charge < -0.3 is 19.5 Å². The van der Waals surface area contributed by atoms with Gasteiger partial charge in [-0.1, -0.05) is 24.2 Å². The topological polar surface area (TPSA) is 67.6 Å². The molecule has 2 unspecified atom stereocenters. The van der Waals surface area contributed by atoms with Gasteiger partial charge in [0.25, 0.3) is 5.91 Å². The molecule has 2 aromatic rings. The number of hydrogen-bond acceptors (Lipinski definition) is 5. The zero-order valence-electron chi connectivity index (χ0n) is 14.6. The Morgan fingerprint density at radius 1 is 1.32 bits per heavy atom. The molecule has 0 radical (unpaired) electrons. The molecule has 1 aromatic heterocycles. The number of nitrogens with zero attached hydrogens (tertiary/aromatic N) is 2.